The number of nitrogens with zero attached hydrogens (tertiary/aromatic N) is 1. The molecule has 1 N–H and O–H groups in total. The van der Waals surface area contributed by atoms with Crippen molar-refractivity contribution in [3.63, 3.8) is 0 Å². The van der Waals surface area contributed by atoms with Crippen LogP contribution in [0.1, 0.15) is 46.0 Å². The van der Waals surface area contributed by atoms with Gasteiger partial charge in [0.15, 0.2) is 0 Å². The average Bonchev–Trinajstić information content (AvgIpc) is 2.46. The van der Waals surface area contributed by atoms with E-state index in [1.54, 1.807) is 0 Å². The van der Waals surface area contributed by atoms with Gasteiger partial charge in [0.2, 0.25) is 0 Å². The topological polar surface area (TPSA) is 15.3 Å². The van der Waals surface area contributed by atoms with Gasteiger partial charge in [0, 0.05) is 24.7 Å². The molecule has 2 bridgehead atoms. The van der Waals surface area contributed by atoms with Gasteiger partial charge in [-0.15, -0.1) is 0 Å². The first-order valence-electron chi connectivity index (χ1n) is 7.22. The van der Waals surface area contributed by atoms with E-state index in [1.807, 2.05) is 0 Å². The highest BCUT2D eigenvalue weighted by atomic mass is 15.2. The van der Waals surface area contributed by atoms with Crippen LogP contribution in [0.4, 0.5) is 0 Å². The maximum atomic E-state index is 3.78. The molecule has 2 atom stereocenters. The first-order valence-corrected chi connectivity index (χ1v) is 7.22. The molecule has 1 saturated carbocycles. The zero-order valence-electron chi connectivity index (χ0n) is 10.8. The quantitative estimate of drug-likeness (QED) is 0.771. The van der Waals surface area contributed by atoms with Gasteiger partial charge < -0.3 is 5.32 Å². The second kappa shape index (κ2) is 4.30. The van der Waals surface area contributed by atoms with E-state index < -0.39 is 0 Å². The zero-order valence-corrected chi connectivity index (χ0v) is 10.8. The van der Waals surface area contributed by atoms with Gasteiger partial charge in [0.1, 0.15) is 0 Å². The lowest BCUT2D eigenvalue weighted by molar-refractivity contribution is 0.0523. The van der Waals surface area contributed by atoms with E-state index in [-0.39, 0.29) is 0 Å². The van der Waals surface area contributed by atoms with Crippen LogP contribution in [-0.2, 0) is 0 Å². The van der Waals surface area contributed by atoms with Gasteiger partial charge in [-0.3, -0.25) is 4.90 Å². The van der Waals surface area contributed by atoms with Gasteiger partial charge in [0.25, 0.3) is 0 Å². The number of likely N-dealkylation sites (tertiary alicyclic amines) is 1. The van der Waals surface area contributed by atoms with Crippen LogP contribution in [0.2, 0.25) is 0 Å². The zero-order chi connectivity index (χ0) is 11.1. The van der Waals surface area contributed by atoms with Crippen molar-refractivity contribution in [3.05, 3.63) is 0 Å². The standard InChI is InChI=1S/C14H26N2/c1-10(2)11-7-14(8-11)16-6-5-12-3-4-13(9-16)15-12/h10-15H,3-9H2,1-2H3. The smallest absolute Gasteiger partial charge is 0.0198 e. The first-order chi connectivity index (χ1) is 7.72. The molecule has 0 aromatic carbocycles. The molecular formula is C14H26N2. The fourth-order valence-corrected chi connectivity index (χ4v) is 3.77. The SMILES string of the molecule is CC(C)C1CC(N2CCC3CCC(C2)N3)C1. The van der Waals surface area contributed by atoms with E-state index >= 15 is 0 Å². The Bertz CT molecular complexity index is 245. The molecule has 2 heteroatoms. The summed E-state index contributed by atoms with van der Waals surface area (Å²) in [5, 5.41) is 3.78. The molecule has 3 fully saturated rings. The maximum absolute atomic E-state index is 3.78. The summed E-state index contributed by atoms with van der Waals surface area (Å²) in [6.07, 6.45) is 7.17. The third kappa shape index (κ3) is 2.02. The summed E-state index contributed by atoms with van der Waals surface area (Å²) in [5.41, 5.74) is 0. The molecule has 3 rings (SSSR count). The Morgan fingerprint density at radius 2 is 1.81 bits per heavy atom. The van der Waals surface area contributed by atoms with Crippen molar-refractivity contribution in [3.8, 4) is 0 Å². The van der Waals surface area contributed by atoms with Crippen LogP contribution in [0.3, 0.4) is 0 Å². The van der Waals surface area contributed by atoms with Crippen LogP contribution in [0.5, 0.6) is 0 Å². The first kappa shape index (κ1) is 11.0. The molecule has 3 aliphatic rings. The van der Waals surface area contributed by atoms with Gasteiger partial charge in [-0.05, 0) is 50.5 Å². The van der Waals surface area contributed by atoms with Crippen molar-refractivity contribution in [2.45, 2.75) is 64.1 Å². The molecule has 2 saturated heterocycles. The van der Waals surface area contributed by atoms with Gasteiger partial charge in [0.05, 0.1) is 0 Å². The lowest BCUT2D eigenvalue weighted by atomic mass is 9.73. The van der Waals surface area contributed by atoms with Crippen molar-refractivity contribution < 1.29 is 0 Å². The lowest BCUT2D eigenvalue weighted by Crippen LogP contribution is -2.49. The van der Waals surface area contributed by atoms with E-state index in [0.717, 1.165) is 30.0 Å². The third-order valence-electron chi connectivity index (χ3n) is 5.16. The van der Waals surface area contributed by atoms with Crippen LogP contribution in [0.25, 0.3) is 0 Å². The molecule has 2 heterocycles. The molecule has 0 aromatic rings. The van der Waals surface area contributed by atoms with Crippen molar-refractivity contribution >= 4 is 0 Å². The van der Waals surface area contributed by atoms with Crippen LogP contribution < -0.4 is 5.32 Å². The molecule has 92 valence electrons. The monoisotopic (exact) mass is 222 g/mol. The summed E-state index contributed by atoms with van der Waals surface area (Å²) in [5.74, 6) is 1.91. The number of hydrogen-bond donors (Lipinski definition) is 1. The highest BCUT2D eigenvalue weighted by molar-refractivity contribution is 4.95. The largest absolute Gasteiger partial charge is 0.310 e. The van der Waals surface area contributed by atoms with Crippen LogP contribution in [0.15, 0.2) is 0 Å². The van der Waals surface area contributed by atoms with Crippen LogP contribution in [0, 0.1) is 11.8 Å². The Morgan fingerprint density at radius 3 is 2.56 bits per heavy atom. The second-order valence-corrected chi connectivity index (χ2v) is 6.55. The Labute approximate surface area is 99.8 Å². The van der Waals surface area contributed by atoms with Crippen molar-refractivity contribution in [1.82, 2.24) is 10.2 Å². The fourth-order valence-electron chi connectivity index (χ4n) is 3.77. The summed E-state index contributed by atoms with van der Waals surface area (Å²) in [6, 6.07) is 2.58. The maximum Gasteiger partial charge on any atom is 0.0198 e. The third-order valence-corrected chi connectivity index (χ3v) is 5.16. The van der Waals surface area contributed by atoms with Crippen molar-refractivity contribution in [2.24, 2.45) is 11.8 Å². The number of nitrogens with one attached hydrogen (secondary N) is 1. The molecule has 2 nitrogen and oxygen atoms in total. The Kier molecular flexibility index (Phi) is 2.97. The predicted molar refractivity (Wildman–Crippen MR) is 67.5 cm³/mol. The Morgan fingerprint density at radius 1 is 1.06 bits per heavy atom. The molecule has 0 radical (unpaired) electrons. The minimum absolute atomic E-state index is 0.811. The molecule has 16 heavy (non-hydrogen) atoms. The van der Waals surface area contributed by atoms with Crippen LogP contribution in [-0.4, -0.2) is 36.1 Å². The van der Waals surface area contributed by atoms with E-state index in [0.29, 0.717) is 0 Å². The minimum Gasteiger partial charge on any atom is -0.310 e. The molecule has 0 aromatic heterocycles. The molecule has 2 aliphatic heterocycles. The van der Waals surface area contributed by atoms with E-state index in [4.69, 9.17) is 0 Å². The Hall–Kier alpha value is -0.0800. The summed E-state index contributed by atoms with van der Waals surface area (Å²) in [4.78, 5) is 2.79. The number of fused-ring (bicyclic) bond motifs is 2. The summed E-state index contributed by atoms with van der Waals surface area (Å²) in [6.45, 7) is 7.44. The van der Waals surface area contributed by atoms with Gasteiger partial charge >= 0.3 is 0 Å². The fraction of sp³-hybridized carbons (Fsp3) is 1.00. The Balaban J connectivity index is 1.53. The van der Waals surface area contributed by atoms with E-state index in [2.05, 4.69) is 24.1 Å². The van der Waals surface area contributed by atoms with Crippen LogP contribution >= 0.6 is 0 Å². The number of rotatable bonds is 2. The highest BCUT2D eigenvalue weighted by Crippen LogP contribution is 2.38. The molecule has 0 spiro atoms. The van der Waals surface area contributed by atoms with E-state index in [9.17, 15) is 0 Å². The van der Waals surface area contributed by atoms with Gasteiger partial charge in [-0.25, -0.2) is 0 Å². The lowest BCUT2D eigenvalue weighted by Gasteiger charge is -2.45. The molecule has 0 amide bonds. The highest BCUT2D eigenvalue weighted by Gasteiger charge is 2.38. The molecule has 1 aliphatic carbocycles. The van der Waals surface area contributed by atoms with Crippen molar-refractivity contribution in [2.75, 3.05) is 13.1 Å². The van der Waals surface area contributed by atoms with Gasteiger partial charge in [-0.1, -0.05) is 13.8 Å². The normalized spacial score (nSPS) is 44.4. The predicted octanol–water partition coefficient (Wildman–Crippen LogP) is 2.25. The number of hydrogen-bond acceptors (Lipinski definition) is 2. The minimum atomic E-state index is 0.811. The second-order valence-electron chi connectivity index (χ2n) is 6.55. The van der Waals surface area contributed by atoms with Crippen molar-refractivity contribution in [1.29, 1.82) is 0 Å². The summed E-state index contributed by atoms with van der Waals surface area (Å²) in [7, 11) is 0. The molecular weight excluding hydrogens is 196 g/mol. The summed E-state index contributed by atoms with van der Waals surface area (Å²) >= 11 is 0. The average molecular weight is 222 g/mol. The van der Waals surface area contributed by atoms with E-state index in [1.165, 1.54) is 45.2 Å². The summed E-state index contributed by atoms with van der Waals surface area (Å²) < 4.78 is 0. The molecule has 2 unspecified atom stereocenters. The van der Waals surface area contributed by atoms with Gasteiger partial charge in [-0.2, -0.15) is 0 Å².